The van der Waals surface area contributed by atoms with Gasteiger partial charge in [0.1, 0.15) is 5.54 Å². The van der Waals surface area contributed by atoms with Crippen molar-refractivity contribution in [1.82, 2.24) is 5.32 Å². The molecule has 0 unspecified atom stereocenters. The van der Waals surface area contributed by atoms with Gasteiger partial charge in [-0.2, -0.15) is 5.26 Å². The van der Waals surface area contributed by atoms with Crippen LogP contribution in [0.2, 0.25) is 0 Å². The van der Waals surface area contributed by atoms with E-state index in [1.165, 1.54) is 7.11 Å². The first-order chi connectivity index (χ1) is 6.52. The second kappa shape index (κ2) is 6.39. The maximum atomic E-state index is 10.7. The van der Waals surface area contributed by atoms with Crippen molar-refractivity contribution in [2.45, 2.75) is 38.6 Å². The Morgan fingerprint density at radius 3 is 2.64 bits per heavy atom. The molecule has 1 N–H and O–H groups in total. The first kappa shape index (κ1) is 12.9. The van der Waals surface area contributed by atoms with Gasteiger partial charge in [0.15, 0.2) is 0 Å². The zero-order chi connectivity index (χ0) is 11.0. The first-order valence-corrected chi connectivity index (χ1v) is 4.75. The molecule has 0 spiro atoms. The van der Waals surface area contributed by atoms with Crippen molar-refractivity contribution in [2.75, 3.05) is 13.7 Å². The Balaban J connectivity index is 3.40. The molecule has 4 heteroatoms. The molecule has 0 aliphatic heterocycles. The zero-order valence-corrected chi connectivity index (χ0v) is 9.09. The average Bonchev–Trinajstić information content (AvgIpc) is 2.17. The summed E-state index contributed by atoms with van der Waals surface area (Å²) in [5, 5.41) is 11.8. The normalized spacial score (nSPS) is 10.7. The average molecular weight is 198 g/mol. The summed E-state index contributed by atoms with van der Waals surface area (Å²) in [4.78, 5) is 10.7. The number of esters is 1. The lowest BCUT2D eigenvalue weighted by atomic mass is 10.1. The molecular weight excluding hydrogens is 180 g/mol. The predicted octanol–water partition coefficient (Wildman–Crippen LogP) is 1.22. The van der Waals surface area contributed by atoms with Gasteiger partial charge in [-0.25, -0.2) is 0 Å². The number of carbonyl (C=O) groups excluding carboxylic acids is 1. The van der Waals surface area contributed by atoms with Crippen LogP contribution < -0.4 is 5.32 Å². The van der Waals surface area contributed by atoms with Crippen LogP contribution in [0.5, 0.6) is 0 Å². The van der Waals surface area contributed by atoms with Crippen molar-refractivity contribution >= 4 is 5.97 Å². The van der Waals surface area contributed by atoms with Gasteiger partial charge in [0.25, 0.3) is 0 Å². The second-order valence-corrected chi connectivity index (χ2v) is 3.70. The van der Waals surface area contributed by atoms with Gasteiger partial charge in [-0.1, -0.05) is 0 Å². The number of hydrogen-bond acceptors (Lipinski definition) is 4. The van der Waals surface area contributed by atoms with Crippen molar-refractivity contribution < 1.29 is 9.53 Å². The highest BCUT2D eigenvalue weighted by molar-refractivity contribution is 5.68. The highest BCUT2D eigenvalue weighted by Gasteiger charge is 2.13. The highest BCUT2D eigenvalue weighted by atomic mass is 16.5. The minimum absolute atomic E-state index is 0.176. The molecule has 0 aliphatic carbocycles. The summed E-state index contributed by atoms with van der Waals surface area (Å²) in [5.74, 6) is -0.176. The number of ether oxygens (including phenoxy) is 1. The molecule has 0 atom stereocenters. The Morgan fingerprint density at radius 2 is 2.14 bits per heavy atom. The molecule has 0 amide bonds. The van der Waals surface area contributed by atoms with Gasteiger partial charge in [0.05, 0.1) is 13.2 Å². The number of nitriles is 1. The molecule has 0 radical (unpaired) electrons. The lowest BCUT2D eigenvalue weighted by molar-refractivity contribution is -0.140. The van der Waals surface area contributed by atoms with E-state index in [0.29, 0.717) is 6.42 Å². The van der Waals surface area contributed by atoms with Crippen molar-refractivity contribution in [3.05, 3.63) is 0 Å². The Kier molecular flexibility index (Phi) is 5.89. The summed E-state index contributed by atoms with van der Waals surface area (Å²) in [6.45, 7) is 4.40. The Hall–Kier alpha value is -1.08. The van der Waals surface area contributed by atoms with E-state index in [1.54, 1.807) is 0 Å². The molecular formula is C10H18N2O2. The highest BCUT2D eigenvalue weighted by Crippen LogP contribution is 2.01. The molecule has 4 nitrogen and oxygen atoms in total. The van der Waals surface area contributed by atoms with E-state index in [1.807, 2.05) is 13.8 Å². The van der Waals surface area contributed by atoms with Crippen LogP contribution in [-0.2, 0) is 9.53 Å². The number of nitrogens with one attached hydrogen (secondary N) is 1. The maximum absolute atomic E-state index is 10.7. The van der Waals surface area contributed by atoms with Crippen LogP contribution in [0.3, 0.4) is 0 Å². The van der Waals surface area contributed by atoms with Crippen LogP contribution in [0.25, 0.3) is 0 Å². The molecule has 0 aromatic carbocycles. The van der Waals surface area contributed by atoms with Crippen LogP contribution in [0.4, 0.5) is 0 Å². The lowest BCUT2D eigenvalue weighted by Crippen LogP contribution is -2.38. The molecule has 80 valence electrons. The number of hydrogen-bond donors (Lipinski definition) is 1. The Morgan fingerprint density at radius 1 is 1.50 bits per heavy atom. The van der Waals surface area contributed by atoms with Crippen molar-refractivity contribution in [3.63, 3.8) is 0 Å². The van der Waals surface area contributed by atoms with Crippen molar-refractivity contribution in [1.29, 1.82) is 5.26 Å². The van der Waals surface area contributed by atoms with Crippen LogP contribution in [0.15, 0.2) is 0 Å². The summed E-state index contributed by atoms with van der Waals surface area (Å²) in [5.41, 5.74) is -0.481. The summed E-state index contributed by atoms with van der Waals surface area (Å²) in [6.07, 6.45) is 2.12. The fourth-order valence-electron chi connectivity index (χ4n) is 0.937. The van der Waals surface area contributed by atoms with E-state index in [-0.39, 0.29) is 5.97 Å². The quantitative estimate of drug-likeness (QED) is 0.515. The van der Waals surface area contributed by atoms with Gasteiger partial charge in [0, 0.05) is 6.42 Å². The van der Waals surface area contributed by atoms with Crippen LogP contribution >= 0.6 is 0 Å². The molecule has 0 aromatic rings. The van der Waals surface area contributed by atoms with E-state index < -0.39 is 5.54 Å². The van der Waals surface area contributed by atoms with Gasteiger partial charge in [-0.3, -0.25) is 10.1 Å². The maximum Gasteiger partial charge on any atom is 0.305 e. The summed E-state index contributed by atoms with van der Waals surface area (Å²) in [6, 6.07) is 2.15. The van der Waals surface area contributed by atoms with Gasteiger partial charge >= 0.3 is 5.97 Å². The van der Waals surface area contributed by atoms with E-state index in [0.717, 1.165) is 19.4 Å². The largest absolute Gasteiger partial charge is 0.469 e. The number of nitrogens with zero attached hydrogens (tertiary/aromatic N) is 1. The fourth-order valence-corrected chi connectivity index (χ4v) is 0.937. The smallest absolute Gasteiger partial charge is 0.305 e. The molecule has 0 fully saturated rings. The van der Waals surface area contributed by atoms with Gasteiger partial charge in [-0.05, 0) is 33.2 Å². The number of unbranched alkanes of at least 4 members (excludes halogenated alkanes) is 1. The second-order valence-electron chi connectivity index (χ2n) is 3.70. The van der Waals surface area contributed by atoms with Crippen molar-refractivity contribution in [2.24, 2.45) is 0 Å². The SMILES string of the molecule is COC(=O)CCCCNC(C)(C)C#N. The lowest BCUT2D eigenvalue weighted by Gasteiger charge is -2.16. The summed E-state index contributed by atoms with van der Waals surface area (Å²) in [7, 11) is 1.39. The third kappa shape index (κ3) is 6.44. The van der Waals surface area contributed by atoms with Gasteiger partial charge in [-0.15, -0.1) is 0 Å². The summed E-state index contributed by atoms with van der Waals surface area (Å²) >= 11 is 0. The third-order valence-electron chi connectivity index (χ3n) is 1.88. The Labute approximate surface area is 85.2 Å². The van der Waals surface area contributed by atoms with E-state index in [2.05, 4.69) is 16.1 Å². The predicted molar refractivity (Wildman–Crippen MR) is 53.6 cm³/mol. The fraction of sp³-hybridized carbons (Fsp3) is 0.800. The van der Waals surface area contributed by atoms with Gasteiger partial charge < -0.3 is 4.74 Å². The van der Waals surface area contributed by atoms with Crippen LogP contribution in [-0.4, -0.2) is 25.2 Å². The van der Waals surface area contributed by atoms with E-state index in [4.69, 9.17) is 5.26 Å². The van der Waals surface area contributed by atoms with E-state index >= 15 is 0 Å². The molecule has 14 heavy (non-hydrogen) atoms. The molecule has 0 bridgehead atoms. The summed E-state index contributed by atoms with van der Waals surface area (Å²) < 4.78 is 4.51. The zero-order valence-electron chi connectivity index (χ0n) is 9.09. The molecule has 0 aromatic heterocycles. The van der Waals surface area contributed by atoms with Crippen molar-refractivity contribution in [3.8, 4) is 6.07 Å². The molecule has 0 rings (SSSR count). The van der Waals surface area contributed by atoms with Crippen LogP contribution in [0, 0.1) is 11.3 Å². The minimum atomic E-state index is -0.481. The third-order valence-corrected chi connectivity index (χ3v) is 1.88. The first-order valence-electron chi connectivity index (χ1n) is 4.75. The number of rotatable bonds is 6. The Bertz CT molecular complexity index is 219. The molecule has 0 saturated heterocycles. The number of methoxy groups -OCH3 is 1. The topological polar surface area (TPSA) is 62.1 Å². The van der Waals surface area contributed by atoms with Gasteiger partial charge in [0.2, 0.25) is 0 Å². The molecule has 0 heterocycles. The van der Waals surface area contributed by atoms with E-state index in [9.17, 15) is 4.79 Å². The molecule has 0 saturated carbocycles. The standard InChI is InChI=1S/C10H18N2O2/c1-10(2,8-11)12-7-5-4-6-9(13)14-3/h12H,4-7H2,1-3H3. The van der Waals surface area contributed by atoms with Crippen LogP contribution in [0.1, 0.15) is 33.1 Å². The monoisotopic (exact) mass is 198 g/mol. The number of carbonyl (C=O) groups is 1. The molecule has 0 aliphatic rings. The minimum Gasteiger partial charge on any atom is -0.469 e.